The molecule has 2 aliphatic heterocycles. The Bertz CT molecular complexity index is 455. The molecular weight excluding hydrogens is 291 g/mol. The lowest BCUT2D eigenvalue weighted by molar-refractivity contribution is 0.0203. The van der Waals surface area contributed by atoms with E-state index in [1.54, 1.807) is 12.1 Å². The normalized spacial score (nSPS) is 23.1. The summed E-state index contributed by atoms with van der Waals surface area (Å²) in [7, 11) is 0. The van der Waals surface area contributed by atoms with Crippen molar-refractivity contribution < 1.29 is 9.13 Å². The second kappa shape index (κ2) is 7.05. The molecule has 1 aromatic carbocycles. The van der Waals surface area contributed by atoms with Gasteiger partial charge in [-0.3, -0.25) is 4.90 Å². The first kappa shape index (κ1) is 15.2. The summed E-state index contributed by atoms with van der Waals surface area (Å²) in [6.07, 6.45) is 1.97. The molecule has 5 heteroatoms. The Kier molecular flexibility index (Phi) is 5.11. The van der Waals surface area contributed by atoms with E-state index in [-0.39, 0.29) is 11.9 Å². The highest BCUT2D eigenvalue weighted by molar-refractivity contribution is 6.30. The molecule has 1 atom stereocenters. The molecule has 2 saturated heterocycles. The molecule has 0 radical (unpaired) electrons. The zero-order valence-corrected chi connectivity index (χ0v) is 12.9. The highest BCUT2D eigenvalue weighted by Crippen LogP contribution is 2.37. The molecule has 0 amide bonds. The molecule has 0 aliphatic carbocycles. The Hall–Kier alpha value is -0.680. The predicted molar refractivity (Wildman–Crippen MR) is 82.1 cm³/mol. The van der Waals surface area contributed by atoms with Crippen LogP contribution in [0.25, 0.3) is 0 Å². The van der Waals surface area contributed by atoms with Crippen molar-refractivity contribution in [2.75, 3.05) is 39.4 Å². The van der Waals surface area contributed by atoms with E-state index in [1.165, 1.54) is 6.07 Å². The third kappa shape index (κ3) is 3.57. The van der Waals surface area contributed by atoms with Crippen LogP contribution in [-0.4, -0.2) is 44.3 Å². The lowest BCUT2D eigenvalue weighted by Crippen LogP contribution is -2.47. The third-order valence-corrected chi connectivity index (χ3v) is 4.77. The van der Waals surface area contributed by atoms with Crippen LogP contribution in [0.2, 0.25) is 5.02 Å². The van der Waals surface area contributed by atoms with Crippen molar-refractivity contribution >= 4 is 11.6 Å². The van der Waals surface area contributed by atoms with Gasteiger partial charge in [-0.2, -0.15) is 0 Å². The van der Waals surface area contributed by atoms with Gasteiger partial charge in [0.2, 0.25) is 0 Å². The summed E-state index contributed by atoms with van der Waals surface area (Å²) < 4.78 is 19.9. The van der Waals surface area contributed by atoms with Crippen LogP contribution in [0.4, 0.5) is 4.39 Å². The van der Waals surface area contributed by atoms with E-state index >= 15 is 0 Å². The second-order valence-corrected chi connectivity index (χ2v) is 6.28. The number of ether oxygens (including phenoxy) is 1. The fourth-order valence-electron chi connectivity index (χ4n) is 3.48. The lowest BCUT2D eigenvalue weighted by atomic mass is 9.85. The van der Waals surface area contributed by atoms with Gasteiger partial charge in [0.05, 0.1) is 0 Å². The Morgan fingerprint density at radius 3 is 2.67 bits per heavy atom. The van der Waals surface area contributed by atoms with Crippen LogP contribution < -0.4 is 5.32 Å². The van der Waals surface area contributed by atoms with Gasteiger partial charge in [0.25, 0.3) is 0 Å². The van der Waals surface area contributed by atoms with Crippen LogP contribution in [0.15, 0.2) is 18.2 Å². The molecule has 1 N–H and O–H groups in total. The van der Waals surface area contributed by atoms with Gasteiger partial charge in [-0.15, -0.1) is 0 Å². The van der Waals surface area contributed by atoms with Gasteiger partial charge in [-0.1, -0.05) is 11.6 Å². The molecule has 0 saturated carbocycles. The van der Waals surface area contributed by atoms with Gasteiger partial charge in [-0.05, 0) is 37.0 Å². The second-order valence-electron chi connectivity index (χ2n) is 5.85. The van der Waals surface area contributed by atoms with Crippen LogP contribution in [0.5, 0.6) is 0 Å². The zero-order valence-electron chi connectivity index (χ0n) is 12.2. The van der Waals surface area contributed by atoms with Crippen LogP contribution in [0.3, 0.4) is 0 Å². The number of hydrogen-bond donors (Lipinski definition) is 1. The van der Waals surface area contributed by atoms with E-state index in [1.807, 2.05) is 0 Å². The zero-order chi connectivity index (χ0) is 14.7. The SMILES string of the molecule is Fc1ccc(Cl)cc1[C@H](C1CCOCC1)N1CCNCC1. The van der Waals surface area contributed by atoms with Crippen molar-refractivity contribution in [3.8, 4) is 0 Å². The fourth-order valence-corrected chi connectivity index (χ4v) is 3.66. The summed E-state index contributed by atoms with van der Waals surface area (Å²) >= 11 is 6.12. The average Bonchev–Trinajstić information content (AvgIpc) is 2.53. The van der Waals surface area contributed by atoms with Gasteiger partial charge < -0.3 is 10.1 Å². The molecule has 21 heavy (non-hydrogen) atoms. The molecule has 2 fully saturated rings. The molecule has 116 valence electrons. The number of benzene rings is 1. The van der Waals surface area contributed by atoms with E-state index < -0.39 is 0 Å². The standard InChI is InChI=1S/C16H22ClFN2O/c17-13-1-2-15(18)14(11-13)16(12-3-9-21-10-4-12)20-7-5-19-6-8-20/h1-2,11-12,16,19H,3-10H2/t16-/m0/s1. The molecule has 0 bridgehead atoms. The van der Waals surface area contributed by atoms with Gasteiger partial charge in [0, 0.05) is 56.0 Å². The largest absolute Gasteiger partial charge is 0.381 e. The summed E-state index contributed by atoms with van der Waals surface area (Å²) in [6, 6.07) is 5.03. The number of nitrogens with zero attached hydrogens (tertiary/aromatic N) is 1. The number of hydrogen-bond acceptors (Lipinski definition) is 3. The number of nitrogens with one attached hydrogen (secondary N) is 1. The Labute approximate surface area is 130 Å². The van der Waals surface area contributed by atoms with Gasteiger partial charge in [-0.25, -0.2) is 4.39 Å². The number of piperazine rings is 1. The Balaban J connectivity index is 1.91. The molecule has 3 rings (SSSR count). The van der Waals surface area contributed by atoms with E-state index in [0.717, 1.165) is 57.8 Å². The Morgan fingerprint density at radius 1 is 1.24 bits per heavy atom. The van der Waals surface area contributed by atoms with Crippen LogP contribution in [0, 0.1) is 11.7 Å². The fraction of sp³-hybridized carbons (Fsp3) is 0.625. The first-order valence-electron chi connectivity index (χ1n) is 7.73. The van der Waals surface area contributed by atoms with Crippen molar-refractivity contribution in [2.24, 2.45) is 5.92 Å². The summed E-state index contributed by atoms with van der Waals surface area (Å²) in [5.74, 6) is 0.291. The van der Waals surface area contributed by atoms with Gasteiger partial charge in [0.15, 0.2) is 0 Å². The summed E-state index contributed by atoms with van der Waals surface area (Å²) in [6.45, 7) is 5.37. The first-order valence-corrected chi connectivity index (χ1v) is 8.11. The van der Waals surface area contributed by atoms with Gasteiger partial charge in [0.1, 0.15) is 5.82 Å². The molecular formula is C16H22ClFN2O. The minimum Gasteiger partial charge on any atom is -0.381 e. The van der Waals surface area contributed by atoms with Crippen LogP contribution >= 0.6 is 11.6 Å². The van der Waals surface area contributed by atoms with Crippen molar-refractivity contribution in [3.05, 3.63) is 34.6 Å². The lowest BCUT2D eigenvalue weighted by Gasteiger charge is -2.41. The smallest absolute Gasteiger partial charge is 0.128 e. The maximum atomic E-state index is 14.4. The summed E-state index contributed by atoms with van der Waals surface area (Å²) in [4.78, 5) is 2.40. The predicted octanol–water partition coefficient (Wildman–Crippen LogP) is 2.85. The average molecular weight is 313 g/mol. The minimum atomic E-state index is -0.144. The molecule has 0 spiro atoms. The van der Waals surface area contributed by atoms with Crippen molar-refractivity contribution in [1.29, 1.82) is 0 Å². The summed E-state index contributed by atoms with van der Waals surface area (Å²) in [5, 5.41) is 3.97. The minimum absolute atomic E-state index is 0.106. The quantitative estimate of drug-likeness (QED) is 0.929. The topological polar surface area (TPSA) is 24.5 Å². The highest BCUT2D eigenvalue weighted by atomic mass is 35.5. The molecule has 0 unspecified atom stereocenters. The number of rotatable bonds is 3. The monoisotopic (exact) mass is 312 g/mol. The maximum Gasteiger partial charge on any atom is 0.128 e. The first-order chi connectivity index (χ1) is 10.3. The summed E-state index contributed by atoms with van der Waals surface area (Å²) in [5.41, 5.74) is 0.747. The van der Waals surface area contributed by atoms with E-state index in [0.29, 0.717) is 10.9 Å². The maximum absolute atomic E-state index is 14.4. The van der Waals surface area contributed by atoms with E-state index in [2.05, 4.69) is 10.2 Å². The molecule has 2 aliphatic rings. The Morgan fingerprint density at radius 2 is 1.95 bits per heavy atom. The van der Waals surface area contributed by atoms with Crippen LogP contribution in [-0.2, 0) is 4.74 Å². The number of halogens is 2. The van der Waals surface area contributed by atoms with Crippen molar-refractivity contribution in [1.82, 2.24) is 10.2 Å². The third-order valence-electron chi connectivity index (χ3n) is 4.53. The molecule has 3 nitrogen and oxygen atoms in total. The molecule has 0 aromatic heterocycles. The van der Waals surface area contributed by atoms with E-state index in [4.69, 9.17) is 16.3 Å². The molecule has 1 aromatic rings. The van der Waals surface area contributed by atoms with Crippen molar-refractivity contribution in [3.63, 3.8) is 0 Å². The molecule has 2 heterocycles. The highest BCUT2D eigenvalue weighted by Gasteiger charge is 2.33. The van der Waals surface area contributed by atoms with Gasteiger partial charge >= 0.3 is 0 Å². The van der Waals surface area contributed by atoms with E-state index in [9.17, 15) is 4.39 Å². The van der Waals surface area contributed by atoms with Crippen molar-refractivity contribution in [2.45, 2.75) is 18.9 Å². The van der Waals surface area contributed by atoms with Crippen LogP contribution in [0.1, 0.15) is 24.4 Å².